The maximum atomic E-state index is 9.91. The predicted molar refractivity (Wildman–Crippen MR) is 106 cm³/mol. The number of hydrogen-bond acceptors (Lipinski definition) is 5. The van der Waals surface area contributed by atoms with Crippen LogP contribution in [0, 0.1) is 5.41 Å². The molecule has 5 rings (SSSR count). The predicted octanol–water partition coefficient (Wildman–Crippen LogP) is 4.65. The van der Waals surface area contributed by atoms with Gasteiger partial charge in [0.25, 0.3) is 0 Å². The highest BCUT2D eigenvalue weighted by molar-refractivity contribution is 6.31. The van der Waals surface area contributed by atoms with E-state index in [-0.39, 0.29) is 17.2 Å². The van der Waals surface area contributed by atoms with Crippen molar-refractivity contribution in [2.75, 3.05) is 0 Å². The van der Waals surface area contributed by atoms with Gasteiger partial charge in [-0.25, -0.2) is 4.98 Å². The van der Waals surface area contributed by atoms with Crippen molar-refractivity contribution in [3.63, 3.8) is 0 Å². The number of nitrogens with one attached hydrogen (secondary N) is 1. The number of rotatable bonds is 3. The highest BCUT2D eigenvalue weighted by atomic mass is 35.5. The van der Waals surface area contributed by atoms with Crippen molar-refractivity contribution in [1.82, 2.24) is 9.55 Å². The molecule has 2 aromatic carbocycles. The number of aromatic nitrogens is 2. The van der Waals surface area contributed by atoms with Gasteiger partial charge in [-0.05, 0) is 29.8 Å². The van der Waals surface area contributed by atoms with Gasteiger partial charge >= 0.3 is 0 Å². The van der Waals surface area contributed by atoms with E-state index < -0.39 is 0 Å². The Bertz CT molecular complexity index is 1260. The lowest BCUT2D eigenvalue weighted by Gasteiger charge is -2.29. The first-order valence-corrected chi connectivity index (χ1v) is 9.41. The summed E-state index contributed by atoms with van der Waals surface area (Å²) >= 11 is 6.54. The molecule has 29 heavy (non-hydrogen) atoms. The SMILES string of the molecule is N=c1c2c(ncn1Cc1ccco1)Oc1cc(O)ccc1[C@H]2c1ccccc1Cl. The molecule has 0 aliphatic carbocycles. The molecule has 1 aliphatic heterocycles. The summed E-state index contributed by atoms with van der Waals surface area (Å²) in [5.74, 6) is 1.29. The summed E-state index contributed by atoms with van der Waals surface area (Å²) in [4.78, 5) is 4.45. The van der Waals surface area contributed by atoms with Crippen molar-refractivity contribution < 1.29 is 14.3 Å². The number of furan rings is 1. The van der Waals surface area contributed by atoms with E-state index >= 15 is 0 Å². The highest BCUT2D eigenvalue weighted by Gasteiger charge is 2.33. The highest BCUT2D eigenvalue weighted by Crippen LogP contribution is 2.47. The van der Waals surface area contributed by atoms with Crippen molar-refractivity contribution >= 4 is 11.6 Å². The van der Waals surface area contributed by atoms with E-state index in [1.54, 1.807) is 35.4 Å². The topological polar surface area (TPSA) is 84.3 Å². The van der Waals surface area contributed by atoms with Crippen LogP contribution in [0.3, 0.4) is 0 Å². The van der Waals surface area contributed by atoms with Gasteiger partial charge in [0.2, 0.25) is 5.88 Å². The minimum absolute atomic E-state index is 0.0972. The molecule has 0 bridgehead atoms. The van der Waals surface area contributed by atoms with Crippen molar-refractivity contribution in [1.29, 1.82) is 5.41 Å². The zero-order chi connectivity index (χ0) is 20.0. The van der Waals surface area contributed by atoms with Gasteiger partial charge in [-0.2, -0.15) is 0 Å². The fraction of sp³-hybridized carbons (Fsp3) is 0.0909. The fourth-order valence-electron chi connectivity index (χ4n) is 3.68. The third kappa shape index (κ3) is 2.98. The average Bonchev–Trinajstić information content (AvgIpc) is 3.22. The number of halogens is 1. The number of fused-ring (bicyclic) bond motifs is 2. The van der Waals surface area contributed by atoms with Crippen LogP contribution in [0.2, 0.25) is 5.02 Å². The van der Waals surface area contributed by atoms with Crippen molar-refractivity contribution in [3.8, 4) is 17.4 Å². The molecule has 0 unspecified atom stereocenters. The van der Waals surface area contributed by atoms with Crippen LogP contribution in [0.1, 0.15) is 28.4 Å². The van der Waals surface area contributed by atoms with Crippen LogP contribution in [-0.2, 0) is 6.54 Å². The number of phenols is 1. The maximum Gasteiger partial charge on any atom is 0.228 e. The van der Waals surface area contributed by atoms with Crippen molar-refractivity contribution in [3.05, 3.63) is 100 Å². The van der Waals surface area contributed by atoms with Crippen molar-refractivity contribution in [2.45, 2.75) is 12.5 Å². The first kappa shape index (κ1) is 17.6. The molecule has 1 atom stereocenters. The summed E-state index contributed by atoms with van der Waals surface area (Å²) in [7, 11) is 0. The summed E-state index contributed by atoms with van der Waals surface area (Å²) in [5.41, 5.74) is 2.53. The molecule has 3 heterocycles. The molecule has 0 saturated heterocycles. The van der Waals surface area contributed by atoms with E-state index in [2.05, 4.69) is 4.98 Å². The molecule has 0 fully saturated rings. The number of benzene rings is 2. The lowest BCUT2D eigenvalue weighted by molar-refractivity contribution is 0.411. The minimum Gasteiger partial charge on any atom is -0.508 e. The van der Waals surface area contributed by atoms with Crippen LogP contribution >= 0.6 is 11.6 Å². The summed E-state index contributed by atoms with van der Waals surface area (Å²) < 4.78 is 13.1. The second-order valence-corrected chi connectivity index (χ2v) is 7.21. The second-order valence-electron chi connectivity index (χ2n) is 6.80. The van der Waals surface area contributed by atoms with E-state index in [1.165, 1.54) is 0 Å². The van der Waals surface area contributed by atoms with E-state index in [0.29, 0.717) is 28.8 Å². The largest absolute Gasteiger partial charge is 0.508 e. The van der Waals surface area contributed by atoms with E-state index in [0.717, 1.165) is 16.9 Å². The number of nitrogens with zero attached hydrogens (tertiary/aromatic N) is 2. The van der Waals surface area contributed by atoms with Gasteiger partial charge in [-0.1, -0.05) is 35.9 Å². The molecule has 6 nitrogen and oxygen atoms in total. The van der Waals surface area contributed by atoms with Gasteiger partial charge < -0.3 is 18.8 Å². The molecule has 2 aromatic heterocycles. The maximum absolute atomic E-state index is 9.91. The summed E-state index contributed by atoms with van der Waals surface area (Å²) in [6, 6.07) is 16.1. The third-order valence-electron chi connectivity index (χ3n) is 5.01. The molecule has 0 radical (unpaired) electrons. The molecular formula is C22H16ClN3O3. The minimum atomic E-state index is -0.355. The van der Waals surface area contributed by atoms with Gasteiger partial charge in [0.05, 0.1) is 18.4 Å². The monoisotopic (exact) mass is 405 g/mol. The summed E-state index contributed by atoms with van der Waals surface area (Å²) in [5, 5.41) is 19.4. The molecule has 4 aromatic rings. The molecule has 2 N–H and O–H groups in total. The molecule has 0 amide bonds. The van der Waals surface area contributed by atoms with Gasteiger partial charge in [-0.3, -0.25) is 5.41 Å². The molecule has 144 valence electrons. The van der Waals surface area contributed by atoms with Crippen LogP contribution in [0.4, 0.5) is 0 Å². The molecule has 1 aliphatic rings. The van der Waals surface area contributed by atoms with Gasteiger partial charge in [0, 0.05) is 22.6 Å². The van der Waals surface area contributed by atoms with Crippen LogP contribution in [0.15, 0.2) is 71.6 Å². The Morgan fingerprint density at radius 2 is 1.97 bits per heavy atom. The molecule has 0 spiro atoms. The second kappa shape index (κ2) is 6.83. The Balaban J connectivity index is 1.74. The number of aromatic hydroxyl groups is 1. The van der Waals surface area contributed by atoms with E-state index in [4.69, 9.17) is 26.2 Å². The van der Waals surface area contributed by atoms with E-state index in [1.807, 2.05) is 36.4 Å². The standard InChI is InChI=1S/C22H16ClN3O3/c23-17-6-2-1-5-15(17)19-16-8-7-13(27)10-18(16)29-22-20(19)21(24)26(12-25-22)11-14-4-3-9-28-14/h1-10,12,19,24,27H,11H2/t19-/m1/s1. The van der Waals surface area contributed by atoms with Crippen LogP contribution in [0.25, 0.3) is 0 Å². The number of phenolic OH excluding ortho intramolecular Hbond substituents is 1. The zero-order valence-corrected chi connectivity index (χ0v) is 15.9. The Labute approximate surface area is 171 Å². The lowest BCUT2D eigenvalue weighted by atomic mass is 9.84. The average molecular weight is 406 g/mol. The first-order chi connectivity index (χ1) is 14.1. The fourth-order valence-corrected chi connectivity index (χ4v) is 3.92. The molecular weight excluding hydrogens is 390 g/mol. The Hall–Kier alpha value is -3.51. The number of hydrogen-bond donors (Lipinski definition) is 2. The normalized spacial score (nSPS) is 14.7. The summed E-state index contributed by atoms with van der Waals surface area (Å²) in [6.45, 7) is 0.379. The third-order valence-corrected chi connectivity index (χ3v) is 5.36. The lowest BCUT2D eigenvalue weighted by Crippen LogP contribution is -2.30. The van der Waals surface area contributed by atoms with Gasteiger partial charge in [0.1, 0.15) is 29.1 Å². The van der Waals surface area contributed by atoms with Gasteiger partial charge in [0.15, 0.2) is 0 Å². The quantitative estimate of drug-likeness (QED) is 0.457. The summed E-state index contributed by atoms with van der Waals surface area (Å²) in [6.07, 6.45) is 3.16. The van der Waals surface area contributed by atoms with Crippen LogP contribution < -0.4 is 10.2 Å². The Morgan fingerprint density at radius 3 is 2.76 bits per heavy atom. The zero-order valence-electron chi connectivity index (χ0n) is 15.2. The van der Waals surface area contributed by atoms with Crippen molar-refractivity contribution in [2.24, 2.45) is 0 Å². The van der Waals surface area contributed by atoms with E-state index in [9.17, 15) is 5.11 Å². The van der Waals surface area contributed by atoms with Crippen LogP contribution in [0.5, 0.6) is 17.4 Å². The Morgan fingerprint density at radius 1 is 1.10 bits per heavy atom. The van der Waals surface area contributed by atoms with Gasteiger partial charge in [-0.15, -0.1) is 0 Å². The van der Waals surface area contributed by atoms with Crippen LogP contribution in [-0.4, -0.2) is 14.7 Å². The number of ether oxygens (including phenoxy) is 1. The Kier molecular flexibility index (Phi) is 4.14. The molecule has 0 saturated carbocycles. The smallest absolute Gasteiger partial charge is 0.228 e. The first-order valence-electron chi connectivity index (χ1n) is 9.03. The molecule has 7 heteroatoms.